The largest absolute Gasteiger partial charge is 0.307 e. The van der Waals surface area contributed by atoms with Crippen LogP contribution in [0.15, 0.2) is 200 Å². The Kier molecular flexibility index (Phi) is 6.95. The summed E-state index contributed by atoms with van der Waals surface area (Å²) in [5, 5.41) is 7.58. The molecule has 0 unspecified atom stereocenters. The molecular weight excluding hydrogens is 731 g/mol. The van der Waals surface area contributed by atoms with Crippen molar-refractivity contribution in [3.8, 4) is 67.8 Å². The van der Waals surface area contributed by atoms with Crippen molar-refractivity contribution in [3.05, 3.63) is 200 Å². The lowest BCUT2D eigenvalue weighted by molar-refractivity contribution is 1.07. The zero-order valence-electron chi connectivity index (χ0n) is 32.3. The van der Waals surface area contributed by atoms with Crippen molar-refractivity contribution in [3.63, 3.8) is 0 Å². The van der Waals surface area contributed by atoms with Crippen LogP contribution >= 0.6 is 0 Å². The van der Waals surface area contributed by atoms with Gasteiger partial charge in [0.25, 0.3) is 0 Å². The van der Waals surface area contributed by atoms with Gasteiger partial charge in [0.2, 0.25) is 0 Å². The van der Waals surface area contributed by atoms with Crippen LogP contribution in [0.3, 0.4) is 0 Å². The molecule has 5 nitrogen and oxygen atoms in total. The lowest BCUT2D eigenvalue weighted by Crippen LogP contribution is -2.01. The molecule has 0 saturated carbocycles. The minimum Gasteiger partial charge on any atom is -0.307 e. The quantitative estimate of drug-likeness (QED) is 0.175. The molecule has 278 valence electrons. The van der Waals surface area contributed by atoms with Gasteiger partial charge in [0.1, 0.15) is 0 Å². The van der Waals surface area contributed by atoms with E-state index in [9.17, 15) is 0 Å². The van der Waals surface area contributed by atoms with E-state index in [-0.39, 0.29) is 0 Å². The third-order valence-electron chi connectivity index (χ3n) is 12.3. The molecule has 0 bridgehead atoms. The standard InChI is InChI=1S/C55H33N5/c1-4-16-35(17-5-1)53-56-54(36-18-6-2-7-19-36)58-55(57-53)37-30-32-39(33-31-37)60-45-29-13-11-25-41(45)50-48-43-27-15-21-34-20-14-26-42(46(34)43)47(48)49-40-24-10-12-28-44(40)59(51(49)52(50)60)38-22-8-3-9-23-38/h1-33H. The molecule has 0 amide bonds. The van der Waals surface area contributed by atoms with E-state index < -0.39 is 0 Å². The van der Waals surface area contributed by atoms with Crippen LogP contribution in [0.4, 0.5) is 0 Å². The van der Waals surface area contributed by atoms with Gasteiger partial charge in [0.05, 0.1) is 22.1 Å². The van der Waals surface area contributed by atoms with Crippen LogP contribution in [0.5, 0.6) is 0 Å². The highest BCUT2D eigenvalue weighted by Crippen LogP contribution is 2.57. The molecule has 0 aliphatic heterocycles. The molecule has 3 aromatic heterocycles. The van der Waals surface area contributed by atoms with Crippen molar-refractivity contribution < 1.29 is 0 Å². The molecular formula is C55H33N5. The van der Waals surface area contributed by atoms with Crippen molar-refractivity contribution in [1.29, 1.82) is 0 Å². The highest BCUT2D eigenvalue weighted by atomic mass is 15.1. The van der Waals surface area contributed by atoms with Gasteiger partial charge in [-0.2, -0.15) is 0 Å². The van der Waals surface area contributed by atoms with Crippen molar-refractivity contribution in [1.82, 2.24) is 24.1 Å². The Morgan fingerprint density at radius 2 is 0.700 bits per heavy atom. The zero-order valence-corrected chi connectivity index (χ0v) is 32.3. The van der Waals surface area contributed by atoms with E-state index in [1.807, 2.05) is 60.7 Å². The van der Waals surface area contributed by atoms with Crippen LogP contribution in [-0.4, -0.2) is 24.1 Å². The van der Waals surface area contributed by atoms with E-state index in [0.717, 1.165) is 33.6 Å². The molecule has 1 aliphatic carbocycles. The van der Waals surface area contributed by atoms with Crippen molar-refractivity contribution in [2.24, 2.45) is 0 Å². The fourth-order valence-corrected chi connectivity index (χ4v) is 9.79. The first kappa shape index (κ1) is 32.9. The Labute approximate surface area is 345 Å². The second-order valence-corrected chi connectivity index (χ2v) is 15.5. The van der Waals surface area contributed by atoms with Gasteiger partial charge >= 0.3 is 0 Å². The molecule has 13 rings (SSSR count). The number of rotatable bonds is 5. The summed E-state index contributed by atoms with van der Waals surface area (Å²) >= 11 is 0. The highest BCUT2D eigenvalue weighted by molar-refractivity contribution is 6.38. The van der Waals surface area contributed by atoms with Crippen LogP contribution < -0.4 is 0 Å². The Hall–Kier alpha value is -8.15. The van der Waals surface area contributed by atoms with E-state index in [4.69, 9.17) is 15.0 Å². The summed E-state index contributed by atoms with van der Waals surface area (Å²) in [4.78, 5) is 15.0. The fraction of sp³-hybridized carbons (Fsp3) is 0. The fourth-order valence-electron chi connectivity index (χ4n) is 9.79. The van der Waals surface area contributed by atoms with Gasteiger partial charge in [-0.25, -0.2) is 15.0 Å². The van der Waals surface area contributed by atoms with Crippen molar-refractivity contribution in [2.75, 3.05) is 0 Å². The number of hydrogen-bond donors (Lipinski definition) is 0. The minimum absolute atomic E-state index is 0.631. The molecule has 5 heteroatoms. The average molecular weight is 764 g/mol. The lowest BCUT2D eigenvalue weighted by atomic mass is 9.93. The van der Waals surface area contributed by atoms with E-state index in [2.05, 4.69) is 149 Å². The van der Waals surface area contributed by atoms with E-state index in [1.54, 1.807) is 0 Å². The van der Waals surface area contributed by atoms with Crippen LogP contribution in [0.2, 0.25) is 0 Å². The third-order valence-corrected chi connectivity index (χ3v) is 12.3. The summed E-state index contributed by atoms with van der Waals surface area (Å²) in [5.74, 6) is 1.92. The Bertz CT molecular complexity index is 3620. The molecule has 0 fully saturated rings. The molecule has 0 atom stereocenters. The topological polar surface area (TPSA) is 48.5 Å². The monoisotopic (exact) mass is 763 g/mol. The first-order valence-electron chi connectivity index (χ1n) is 20.4. The van der Waals surface area contributed by atoms with Gasteiger partial charge in [0, 0.05) is 60.7 Å². The molecule has 1 aliphatic rings. The predicted molar refractivity (Wildman–Crippen MR) is 247 cm³/mol. The molecule has 9 aromatic carbocycles. The number of benzene rings is 9. The Morgan fingerprint density at radius 1 is 0.300 bits per heavy atom. The number of nitrogens with zero attached hydrogens (tertiary/aromatic N) is 5. The first-order valence-corrected chi connectivity index (χ1v) is 20.4. The molecule has 0 N–H and O–H groups in total. The normalized spacial score (nSPS) is 12.0. The molecule has 3 heterocycles. The summed E-state index contributed by atoms with van der Waals surface area (Å²) in [6.07, 6.45) is 0. The molecule has 12 aromatic rings. The summed E-state index contributed by atoms with van der Waals surface area (Å²) in [7, 11) is 0. The molecule has 0 saturated heterocycles. The molecule has 60 heavy (non-hydrogen) atoms. The van der Waals surface area contributed by atoms with Crippen LogP contribution in [0.25, 0.3) is 122 Å². The molecule has 0 radical (unpaired) electrons. The second kappa shape index (κ2) is 12.7. The minimum atomic E-state index is 0.631. The highest BCUT2D eigenvalue weighted by Gasteiger charge is 2.33. The number of aromatic nitrogens is 5. The molecule has 0 spiro atoms. The third kappa shape index (κ3) is 4.66. The van der Waals surface area contributed by atoms with E-state index in [1.165, 1.54) is 71.1 Å². The van der Waals surface area contributed by atoms with Gasteiger partial charge in [-0.3, -0.25) is 0 Å². The van der Waals surface area contributed by atoms with Gasteiger partial charge in [-0.05, 0) is 70.4 Å². The summed E-state index contributed by atoms with van der Waals surface area (Å²) < 4.78 is 4.97. The summed E-state index contributed by atoms with van der Waals surface area (Å²) in [6.45, 7) is 0. The SMILES string of the molecule is c1ccc(-c2nc(-c3ccccc3)nc(-c3ccc(-n4c5ccccc5c5c6c(c7c8ccccc8n(-c8ccccc8)c7c54)-c4cccc5cccc-6c45)cc3)n2)cc1. The van der Waals surface area contributed by atoms with Gasteiger partial charge in [0.15, 0.2) is 17.5 Å². The number of hydrogen-bond acceptors (Lipinski definition) is 3. The lowest BCUT2D eigenvalue weighted by Gasteiger charge is -2.15. The average Bonchev–Trinajstić information content (AvgIpc) is 3.97. The van der Waals surface area contributed by atoms with Crippen molar-refractivity contribution in [2.45, 2.75) is 0 Å². The van der Waals surface area contributed by atoms with Crippen LogP contribution in [-0.2, 0) is 0 Å². The van der Waals surface area contributed by atoms with E-state index in [0.29, 0.717) is 17.5 Å². The van der Waals surface area contributed by atoms with Gasteiger partial charge in [-0.15, -0.1) is 0 Å². The number of fused-ring (bicyclic) bond motifs is 12. The summed E-state index contributed by atoms with van der Waals surface area (Å²) in [6, 6.07) is 71.2. The summed E-state index contributed by atoms with van der Waals surface area (Å²) in [5.41, 5.74) is 14.9. The van der Waals surface area contributed by atoms with Gasteiger partial charge < -0.3 is 9.13 Å². The maximum atomic E-state index is 5.05. The van der Waals surface area contributed by atoms with Crippen molar-refractivity contribution >= 4 is 54.4 Å². The predicted octanol–water partition coefficient (Wildman–Crippen LogP) is 13.9. The van der Waals surface area contributed by atoms with E-state index >= 15 is 0 Å². The van der Waals surface area contributed by atoms with Crippen LogP contribution in [0, 0.1) is 0 Å². The zero-order chi connectivity index (χ0) is 39.3. The van der Waals surface area contributed by atoms with Gasteiger partial charge in [-0.1, -0.05) is 152 Å². The first-order chi connectivity index (χ1) is 29.8. The number of para-hydroxylation sites is 3. The smallest absolute Gasteiger partial charge is 0.164 e. The Morgan fingerprint density at radius 3 is 1.18 bits per heavy atom. The Balaban J connectivity index is 1.13. The second-order valence-electron chi connectivity index (χ2n) is 15.5. The van der Waals surface area contributed by atoms with Crippen LogP contribution in [0.1, 0.15) is 0 Å². The maximum Gasteiger partial charge on any atom is 0.164 e. The maximum absolute atomic E-state index is 5.05.